The van der Waals surface area contributed by atoms with Crippen molar-refractivity contribution in [3.05, 3.63) is 35.9 Å². The molecule has 0 spiro atoms. The lowest BCUT2D eigenvalue weighted by atomic mass is 9.76. The summed E-state index contributed by atoms with van der Waals surface area (Å²) in [6, 6.07) is 10.2. The number of benzene rings is 1. The van der Waals surface area contributed by atoms with Crippen LogP contribution < -0.4 is 0 Å². The van der Waals surface area contributed by atoms with Crippen LogP contribution in [0, 0.1) is 11.8 Å². The highest BCUT2D eigenvalue weighted by atomic mass is 16.1. The highest BCUT2D eigenvalue weighted by molar-refractivity contribution is 5.84. The molecule has 0 aliphatic heterocycles. The van der Waals surface area contributed by atoms with Crippen LogP contribution in [0.2, 0.25) is 0 Å². The molecule has 2 atom stereocenters. The topological polar surface area (TPSA) is 34.1 Å². The van der Waals surface area contributed by atoms with Gasteiger partial charge in [-0.05, 0) is 37.7 Å². The summed E-state index contributed by atoms with van der Waals surface area (Å²) in [4.78, 5) is 24.4. The average molecular weight is 286 g/mol. The average Bonchev–Trinajstić information content (AvgIpc) is 2.54. The molecule has 0 heterocycles. The SMILES string of the molecule is CCCC(=O)[C@@H]1CCC[C@H](C(=O)CCc2ccccc2)C1. The molecule has 1 aliphatic rings. The van der Waals surface area contributed by atoms with E-state index >= 15 is 0 Å². The Balaban J connectivity index is 1.83. The van der Waals surface area contributed by atoms with Gasteiger partial charge in [0, 0.05) is 24.7 Å². The first-order valence-electron chi connectivity index (χ1n) is 8.30. The second kappa shape index (κ2) is 8.11. The number of carbonyl (C=O) groups excluding carboxylic acids is 2. The van der Waals surface area contributed by atoms with E-state index in [1.54, 1.807) is 0 Å². The molecule has 2 nitrogen and oxygen atoms in total. The van der Waals surface area contributed by atoms with E-state index in [0.717, 1.165) is 38.5 Å². The van der Waals surface area contributed by atoms with E-state index in [4.69, 9.17) is 0 Å². The van der Waals surface area contributed by atoms with Gasteiger partial charge in [-0.15, -0.1) is 0 Å². The minimum Gasteiger partial charge on any atom is -0.299 e. The molecular formula is C19H26O2. The molecule has 0 radical (unpaired) electrons. The third-order valence-corrected chi connectivity index (χ3v) is 4.58. The lowest BCUT2D eigenvalue weighted by Crippen LogP contribution is -2.27. The van der Waals surface area contributed by atoms with Gasteiger partial charge in [-0.1, -0.05) is 43.7 Å². The van der Waals surface area contributed by atoms with Gasteiger partial charge in [0.25, 0.3) is 0 Å². The molecule has 2 heteroatoms. The molecule has 1 aromatic carbocycles. The highest BCUT2D eigenvalue weighted by Crippen LogP contribution is 2.32. The monoisotopic (exact) mass is 286 g/mol. The van der Waals surface area contributed by atoms with Gasteiger partial charge in [-0.3, -0.25) is 9.59 Å². The van der Waals surface area contributed by atoms with Gasteiger partial charge in [-0.25, -0.2) is 0 Å². The molecular weight excluding hydrogens is 260 g/mol. The summed E-state index contributed by atoms with van der Waals surface area (Å²) in [5.74, 6) is 0.989. The Morgan fingerprint density at radius 1 is 1.00 bits per heavy atom. The number of Topliss-reactive ketones (excluding diaryl/α,β-unsaturated/α-hetero) is 2. The first-order chi connectivity index (χ1) is 10.2. The van der Waals surface area contributed by atoms with Crippen molar-refractivity contribution < 1.29 is 9.59 Å². The number of hydrogen-bond acceptors (Lipinski definition) is 2. The molecule has 114 valence electrons. The van der Waals surface area contributed by atoms with E-state index in [-0.39, 0.29) is 11.8 Å². The van der Waals surface area contributed by atoms with E-state index < -0.39 is 0 Å². The van der Waals surface area contributed by atoms with Gasteiger partial charge in [-0.2, -0.15) is 0 Å². The fourth-order valence-electron chi connectivity index (χ4n) is 3.34. The molecule has 1 fully saturated rings. The van der Waals surface area contributed by atoms with Crippen LogP contribution in [-0.4, -0.2) is 11.6 Å². The molecule has 1 aromatic rings. The summed E-state index contributed by atoms with van der Waals surface area (Å²) < 4.78 is 0. The molecule has 0 aromatic heterocycles. The minimum atomic E-state index is 0.119. The summed E-state index contributed by atoms with van der Waals surface area (Å²) in [6.07, 6.45) is 6.82. The third-order valence-electron chi connectivity index (χ3n) is 4.58. The highest BCUT2D eigenvalue weighted by Gasteiger charge is 2.30. The van der Waals surface area contributed by atoms with Gasteiger partial charge >= 0.3 is 0 Å². The molecule has 0 amide bonds. The van der Waals surface area contributed by atoms with Crippen LogP contribution >= 0.6 is 0 Å². The smallest absolute Gasteiger partial charge is 0.136 e. The van der Waals surface area contributed by atoms with Gasteiger partial charge < -0.3 is 0 Å². The molecule has 0 N–H and O–H groups in total. The maximum atomic E-state index is 12.4. The van der Waals surface area contributed by atoms with Crippen molar-refractivity contribution >= 4 is 11.6 Å². The number of hydrogen-bond donors (Lipinski definition) is 0. The van der Waals surface area contributed by atoms with Gasteiger partial charge in [0.2, 0.25) is 0 Å². The number of aryl methyl sites for hydroxylation is 1. The summed E-state index contributed by atoms with van der Waals surface area (Å²) >= 11 is 0. The Labute approximate surface area is 127 Å². The van der Waals surface area contributed by atoms with Crippen LogP contribution in [0.4, 0.5) is 0 Å². The molecule has 0 unspecified atom stereocenters. The number of ketones is 2. The Morgan fingerprint density at radius 3 is 2.24 bits per heavy atom. The Hall–Kier alpha value is -1.44. The second-order valence-corrected chi connectivity index (χ2v) is 6.23. The van der Waals surface area contributed by atoms with Crippen LogP contribution in [0.3, 0.4) is 0 Å². The molecule has 1 saturated carbocycles. The lowest BCUT2D eigenvalue weighted by Gasteiger charge is -2.27. The summed E-state index contributed by atoms with van der Waals surface area (Å²) in [5.41, 5.74) is 1.22. The summed E-state index contributed by atoms with van der Waals surface area (Å²) in [7, 11) is 0. The standard InChI is InChI=1S/C19H26O2/c1-2-7-18(20)16-10-6-11-17(14-16)19(21)13-12-15-8-4-3-5-9-15/h3-5,8-9,16-17H,2,6-7,10-14H2,1H3/t16-,17+/m1/s1. The Bertz CT molecular complexity index is 464. The second-order valence-electron chi connectivity index (χ2n) is 6.23. The number of carbonyl (C=O) groups is 2. The third kappa shape index (κ3) is 4.80. The van der Waals surface area contributed by atoms with E-state index in [1.807, 2.05) is 25.1 Å². The van der Waals surface area contributed by atoms with Gasteiger partial charge in [0.15, 0.2) is 0 Å². The van der Waals surface area contributed by atoms with Crippen LogP contribution in [0.1, 0.15) is 57.4 Å². The Morgan fingerprint density at radius 2 is 1.62 bits per heavy atom. The van der Waals surface area contributed by atoms with E-state index in [0.29, 0.717) is 24.4 Å². The van der Waals surface area contributed by atoms with Crippen LogP contribution in [0.15, 0.2) is 30.3 Å². The quantitative estimate of drug-likeness (QED) is 0.746. The molecule has 2 rings (SSSR count). The van der Waals surface area contributed by atoms with Crippen molar-refractivity contribution in [1.29, 1.82) is 0 Å². The fourth-order valence-corrected chi connectivity index (χ4v) is 3.34. The van der Waals surface area contributed by atoms with Crippen molar-refractivity contribution in [2.45, 2.75) is 58.3 Å². The lowest BCUT2D eigenvalue weighted by molar-refractivity contribution is -0.127. The predicted octanol–water partition coefficient (Wildman–Crippen LogP) is 4.36. The molecule has 21 heavy (non-hydrogen) atoms. The minimum absolute atomic E-state index is 0.119. The summed E-state index contributed by atoms with van der Waals surface area (Å²) in [5, 5.41) is 0. The van der Waals surface area contributed by atoms with Crippen molar-refractivity contribution in [2.75, 3.05) is 0 Å². The fraction of sp³-hybridized carbons (Fsp3) is 0.579. The van der Waals surface area contributed by atoms with Crippen LogP contribution in [0.5, 0.6) is 0 Å². The number of rotatable bonds is 7. The zero-order chi connectivity index (χ0) is 15.1. The first kappa shape index (κ1) is 15.9. The van der Waals surface area contributed by atoms with Crippen molar-refractivity contribution in [2.24, 2.45) is 11.8 Å². The van der Waals surface area contributed by atoms with Crippen molar-refractivity contribution in [3.63, 3.8) is 0 Å². The van der Waals surface area contributed by atoms with Gasteiger partial charge in [0.1, 0.15) is 11.6 Å². The normalized spacial score (nSPS) is 22.0. The van der Waals surface area contributed by atoms with E-state index in [9.17, 15) is 9.59 Å². The van der Waals surface area contributed by atoms with Crippen molar-refractivity contribution in [1.82, 2.24) is 0 Å². The Kier molecular flexibility index (Phi) is 6.16. The molecule has 1 aliphatic carbocycles. The zero-order valence-corrected chi connectivity index (χ0v) is 13.0. The largest absolute Gasteiger partial charge is 0.299 e. The molecule has 0 saturated heterocycles. The van der Waals surface area contributed by atoms with Crippen LogP contribution in [-0.2, 0) is 16.0 Å². The predicted molar refractivity (Wildman–Crippen MR) is 85.1 cm³/mol. The summed E-state index contributed by atoms with van der Waals surface area (Å²) in [6.45, 7) is 2.04. The van der Waals surface area contributed by atoms with Crippen LogP contribution in [0.25, 0.3) is 0 Å². The van der Waals surface area contributed by atoms with Crippen molar-refractivity contribution in [3.8, 4) is 0 Å². The molecule has 0 bridgehead atoms. The maximum absolute atomic E-state index is 12.4. The van der Waals surface area contributed by atoms with E-state index in [1.165, 1.54) is 5.56 Å². The van der Waals surface area contributed by atoms with E-state index in [2.05, 4.69) is 12.1 Å². The first-order valence-corrected chi connectivity index (χ1v) is 8.30. The van der Waals surface area contributed by atoms with Gasteiger partial charge in [0.05, 0.1) is 0 Å². The maximum Gasteiger partial charge on any atom is 0.136 e. The zero-order valence-electron chi connectivity index (χ0n) is 13.0.